The molecule has 0 saturated carbocycles. The number of carbonyl (C=O) groups is 2. The Balaban J connectivity index is 2.23. The Hall–Kier alpha value is -2.16. The summed E-state index contributed by atoms with van der Waals surface area (Å²) in [5.41, 5.74) is 7.85. The molecule has 2 N–H and O–H groups in total. The Bertz CT molecular complexity index is 696. The summed E-state index contributed by atoms with van der Waals surface area (Å²) in [5, 5.41) is 1.53. The molecular formula is C17H17NO2. The number of unbranched alkanes of at least 4 members (excludes halogenated alkanes) is 1. The van der Waals surface area contributed by atoms with Crippen LogP contribution in [0.2, 0.25) is 0 Å². The predicted octanol–water partition coefficient (Wildman–Crippen LogP) is 3.61. The molecule has 2 aromatic carbocycles. The maximum atomic E-state index is 12.6. The molecule has 0 heterocycles. The number of Topliss-reactive ketones (excluding diaryl/α,β-unsaturated/α-hetero) is 2. The van der Waals surface area contributed by atoms with Gasteiger partial charge in [-0.25, -0.2) is 0 Å². The number of carbonyl (C=O) groups excluding carboxylic acids is 2. The first-order valence-corrected chi connectivity index (χ1v) is 7.04. The summed E-state index contributed by atoms with van der Waals surface area (Å²) in [7, 11) is 0. The van der Waals surface area contributed by atoms with Gasteiger partial charge in [-0.15, -0.1) is 0 Å². The number of hydrogen-bond donors (Lipinski definition) is 1. The van der Waals surface area contributed by atoms with Crippen LogP contribution in [0.5, 0.6) is 0 Å². The number of rotatable bonds is 3. The molecule has 3 rings (SSSR count). The van der Waals surface area contributed by atoms with Crippen molar-refractivity contribution in [2.24, 2.45) is 5.92 Å². The zero-order valence-electron chi connectivity index (χ0n) is 11.5. The second kappa shape index (κ2) is 4.75. The van der Waals surface area contributed by atoms with E-state index in [0.717, 1.165) is 23.6 Å². The van der Waals surface area contributed by atoms with Gasteiger partial charge in [0, 0.05) is 27.6 Å². The molecule has 2 aromatic rings. The normalized spacial score (nSPS) is 17.8. The van der Waals surface area contributed by atoms with Crippen molar-refractivity contribution in [2.45, 2.75) is 26.2 Å². The predicted molar refractivity (Wildman–Crippen MR) is 80.0 cm³/mol. The molecule has 102 valence electrons. The Morgan fingerprint density at radius 2 is 1.75 bits per heavy atom. The van der Waals surface area contributed by atoms with Gasteiger partial charge in [0.25, 0.3) is 0 Å². The first-order chi connectivity index (χ1) is 9.65. The van der Waals surface area contributed by atoms with E-state index in [1.807, 2.05) is 12.1 Å². The van der Waals surface area contributed by atoms with Gasteiger partial charge in [0.1, 0.15) is 0 Å². The SMILES string of the molecule is CCCCC1C(=O)c2cccc3c(N)ccc(c23)C1=O. The van der Waals surface area contributed by atoms with E-state index in [4.69, 9.17) is 5.73 Å². The highest BCUT2D eigenvalue weighted by molar-refractivity contribution is 6.30. The molecule has 0 radical (unpaired) electrons. The molecule has 0 fully saturated rings. The average Bonchev–Trinajstić information content (AvgIpc) is 2.46. The fourth-order valence-electron chi connectivity index (χ4n) is 3.00. The molecule has 3 nitrogen and oxygen atoms in total. The lowest BCUT2D eigenvalue weighted by Gasteiger charge is -2.23. The van der Waals surface area contributed by atoms with Crippen LogP contribution in [-0.4, -0.2) is 11.6 Å². The average molecular weight is 267 g/mol. The number of nitrogens with two attached hydrogens (primary N) is 1. The van der Waals surface area contributed by atoms with E-state index >= 15 is 0 Å². The van der Waals surface area contributed by atoms with Crippen LogP contribution < -0.4 is 5.73 Å². The smallest absolute Gasteiger partial charge is 0.174 e. The number of nitrogen functional groups attached to an aromatic ring is 1. The Labute approximate surface area is 117 Å². The van der Waals surface area contributed by atoms with E-state index in [-0.39, 0.29) is 11.6 Å². The number of hydrogen-bond acceptors (Lipinski definition) is 3. The van der Waals surface area contributed by atoms with Gasteiger partial charge in [-0.3, -0.25) is 9.59 Å². The number of anilines is 1. The van der Waals surface area contributed by atoms with Crippen molar-refractivity contribution < 1.29 is 9.59 Å². The van der Waals surface area contributed by atoms with Gasteiger partial charge in [-0.2, -0.15) is 0 Å². The summed E-state index contributed by atoms with van der Waals surface area (Å²) < 4.78 is 0. The Morgan fingerprint density at radius 1 is 1.05 bits per heavy atom. The molecule has 1 atom stereocenters. The van der Waals surface area contributed by atoms with Crippen molar-refractivity contribution >= 4 is 28.0 Å². The second-order valence-electron chi connectivity index (χ2n) is 5.35. The highest BCUT2D eigenvalue weighted by atomic mass is 16.2. The summed E-state index contributed by atoms with van der Waals surface area (Å²) >= 11 is 0. The van der Waals surface area contributed by atoms with Gasteiger partial charge in [0.15, 0.2) is 11.6 Å². The molecule has 1 aliphatic carbocycles. The molecule has 20 heavy (non-hydrogen) atoms. The highest BCUT2D eigenvalue weighted by Gasteiger charge is 2.35. The first kappa shape index (κ1) is 12.9. The van der Waals surface area contributed by atoms with Crippen molar-refractivity contribution in [2.75, 3.05) is 5.73 Å². The lowest BCUT2D eigenvalue weighted by Crippen LogP contribution is -2.29. The minimum Gasteiger partial charge on any atom is -0.398 e. The molecule has 0 saturated heterocycles. The fraction of sp³-hybridized carbons (Fsp3) is 0.294. The number of ketones is 2. The monoisotopic (exact) mass is 267 g/mol. The van der Waals surface area contributed by atoms with Gasteiger partial charge < -0.3 is 5.73 Å². The summed E-state index contributed by atoms with van der Waals surface area (Å²) in [6, 6.07) is 9.02. The van der Waals surface area contributed by atoms with Crippen LogP contribution in [0.15, 0.2) is 30.3 Å². The zero-order chi connectivity index (χ0) is 14.3. The van der Waals surface area contributed by atoms with E-state index in [1.165, 1.54) is 0 Å². The van der Waals surface area contributed by atoms with Crippen molar-refractivity contribution in [3.8, 4) is 0 Å². The highest BCUT2D eigenvalue weighted by Crippen LogP contribution is 2.36. The van der Waals surface area contributed by atoms with Crippen molar-refractivity contribution in [3.05, 3.63) is 41.5 Å². The molecule has 1 unspecified atom stereocenters. The van der Waals surface area contributed by atoms with E-state index in [2.05, 4.69) is 6.92 Å². The van der Waals surface area contributed by atoms with Crippen LogP contribution in [0.1, 0.15) is 46.9 Å². The van der Waals surface area contributed by atoms with Crippen LogP contribution in [0, 0.1) is 5.92 Å². The lowest BCUT2D eigenvalue weighted by molar-refractivity contribution is 0.0793. The summed E-state index contributed by atoms with van der Waals surface area (Å²) in [5.74, 6) is -0.615. The molecule has 0 bridgehead atoms. The summed E-state index contributed by atoms with van der Waals surface area (Å²) in [4.78, 5) is 25.1. The van der Waals surface area contributed by atoms with Crippen molar-refractivity contribution in [3.63, 3.8) is 0 Å². The topological polar surface area (TPSA) is 60.2 Å². The maximum absolute atomic E-state index is 12.6. The van der Waals surface area contributed by atoms with E-state index in [9.17, 15) is 9.59 Å². The maximum Gasteiger partial charge on any atom is 0.174 e. The van der Waals surface area contributed by atoms with Crippen molar-refractivity contribution in [1.82, 2.24) is 0 Å². The van der Waals surface area contributed by atoms with Crippen LogP contribution in [0.3, 0.4) is 0 Å². The van der Waals surface area contributed by atoms with Crippen LogP contribution in [-0.2, 0) is 0 Å². The summed E-state index contributed by atoms with van der Waals surface area (Å²) in [6.07, 6.45) is 2.51. The van der Waals surface area contributed by atoms with Gasteiger partial charge in [0.2, 0.25) is 0 Å². The minimum absolute atomic E-state index is 0.0489. The molecule has 1 aliphatic rings. The fourth-order valence-corrected chi connectivity index (χ4v) is 3.00. The Morgan fingerprint density at radius 3 is 2.45 bits per heavy atom. The van der Waals surface area contributed by atoms with Gasteiger partial charge >= 0.3 is 0 Å². The van der Waals surface area contributed by atoms with Crippen LogP contribution in [0.25, 0.3) is 10.8 Å². The van der Waals surface area contributed by atoms with E-state index in [0.29, 0.717) is 23.2 Å². The molecule has 0 aliphatic heterocycles. The molecule has 0 spiro atoms. The molecule has 0 amide bonds. The third kappa shape index (κ3) is 1.73. The van der Waals surface area contributed by atoms with E-state index in [1.54, 1.807) is 18.2 Å². The third-order valence-electron chi connectivity index (χ3n) is 4.08. The minimum atomic E-state index is -0.517. The molecular weight excluding hydrogens is 250 g/mol. The van der Waals surface area contributed by atoms with Crippen LogP contribution >= 0.6 is 0 Å². The van der Waals surface area contributed by atoms with Crippen molar-refractivity contribution in [1.29, 1.82) is 0 Å². The largest absolute Gasteiger partial charge is 0.398 e. The zero-order valence-corrected chi connectivity index (χ0v) is 11.5. The summed E-state index contributed by atoms with van der Waals surface area (Å²) in [6.45, 7) is 2.06. The first-order valence-electron chi connectivity index (χ1n) is 7.04. The standard InChI is InChI=1S/C17H17NO2/c1-2-3-5-13-16(19)11-7-4-6-10-14(18)9-8-12(15(10)11)17(13)20/h4,6-9,13H,2-3,5,18H2,1H3. The third-order valence-corrected chi connectivity index (χ3v) is 4.08. The molecule has 3 heteroatoms. The molecule has 0 aromatic heterocycles. The quantitative estimate of drug-likeness (QED) is 0.682. The van der Waals surface area contributed by atoms with Gasteiger partial charge in [0.05, 0.1) is 5.92 Å². The Kier molecular flexibility index (Phi) is 3.05. The van der Waals surface area contributed by atoms with Gasteiger partial charge in [-0.05, 0) is 18.6 Å². The van der Waals surface area contributed by atoms with E-state index < -0.39 is 5.92 Å². The van der Waals surface area contributed by atoms with Gasteiger partial charge in [-0.1, -0.05) is 38.0 Å². The number of benzene rings is 2. The second-order valence-corrected chi connectivity index (χ2v) is 5.35. The lowest BCUT2D eigenvalue weighted by atomic mass is 9.77. The van der Waals surface area contributed by atoms with Crippen LogP contribution in [0.4, 0.5) is 5.69 Å².